The van der Waals surface area contributed by atoms with Crippen molar-refractivity contribution < 1.29 is 9.50 Å². The number of rotatable bonds is 4. The molecule has 0 spiro atoms. The first-order valence-electron chi connectivity index (χ1n) is 7.56. The van der Waals surface area contributed by atoms with Gasteiger partial charge < -0.3 is 10.4 Å². The van der Waals surface area contributed by atoms with E-state index in [-0.39, 0.29) is 17.3 Å². The van der Waals surface area contributed by atoms with Crippen molar-refractivity contribution in [3.05, 3.63) is 64.1 Å². The van der Waals surface area contributed by atoms with Crippen molar-refractivity contribution in [1.82, 2.24) is 14.9 Å². The predicted octanol–water partition coefficient (Wildman–Crippen LogP) is 2.18. The van der Waals surface area contributed by atoms with E-state index in [0.29, 0.717) is 31.0 Å². The molecule has 0 fully saturated rings. The van der Waals surface area contributed by atoms with Crippen molar-refractivity contribution >= 4 is 5.70 Å². The van der Waals surface area contributed by atoms with E-state index in [1.54, 1.807) is 12.1 Å². The molecule has 1 aliphatic rings. The number of halogens is 1. The molecule has 0 saturated heterocycles. The highest BCUT2D eigenvalue weighted by atomic mass is 19.1. The maximum absolute atomic E-state index is 12.9. The highest BCUT2D eigenvalue weighted by Crippen LogP contribution is 2.20. The third-order valence-electron chi connectivity index (χ3n) is 3.96. The second-order valence-electron chi connectivity index (χ2n) is 5.60. The lowest BCUT2D eigenvalue weighted by molar-refractivity contribution is 0.426. The lowest BCUT2D eigenvalue weighted by Crippen LogP contribution is -2.29. The van der Waals surface area contributed by atoms with E-state index in [1.807, 2.05) is 0 Å². The Kier molecular flexibility index (Phi) is 4.14. The van der Waals surface area contributed by atoms with Gasteiger partial charge in [-0.3, -0.25) is 9.36 Å². The summed E-state index contributed by atoms with van der Waals surface area (Å²) in [6.45, 7) is 4.84. The first-order chi connectivity index (χ1) is 11.1. The molecule has 0 saturated carbocycles. The summed E-state index contributed by atoms with van der Waals surface area (Å²) >= 11 is 0. The summed E-state index contributed by atoms with van der Waals surface area (Å²) in [5.41, 5.74) is 0.999. The van der Waals surface area contributed by atoms with Crippen molar-refractivity contribution in [1.29, 1.82) is 0 Å². The average Bonchev–Trinajstić information content (AvgIpc) is 2.57. The van der Waals surface area contributed by atoms with Crippen LogP contribution in [0.1, 0.15) is 29.9 Å². The van der Waals surface area contributed by atoms with Crippen molar-refractivity contribution in [3.63, 3.8) is 0 Å². The van der Waals surface area contributed by atoms with Crippen LogP contribution < -0.4 is 10.9 Å². The largest absolute Gasteiger partial charge is 0.501 e. The van der Waals surface area contributed by atoms with Gasteiger partial charge in [-0.2, -0.15) is 0 Å². The third kappa shape index (κ3) is 3.11. The highest BCUT2D eigenvalue weighted by molar-refractivity contribution is 5.63. The first kappa shape index (κ1) is 15.3. The fourth-order valence-electron chi connectivity index (χ4n) is 2.67. The SMILES string of the molecule is C=C(NCc1ccc(F)cc1)c1nc2n(c(=O)c1O)CCCC2. The molecule has 1 aliphatic heterocycles. The molecule has 2 heterocycles. The molecule has 5 nitrogen and oxygen atoms in total. The Balaban J connectivity index is 1.80. The van der Waals surface area contributed by atoms with Crippen LogP contribution in [0.15, 0.2) is 35.6 Å². The number of aromatic nitrogens is 2. The Morgan fingerprint density at radius 1 is 1.35 bits per heavy atom. The molecule has 3 rings (SSSR count). The van der Waals surface area contributed by atoms with Crippen LogP contribution in [-0.2, 0) is 19.5 Å². The van der Waals surface area contributed by atoms with Crippen LogP contribution in [0.3, 0.4) is 0 Å². The Hall–Kier alpha value is -2.63. The molecule has 0 radical (unpaired) electrons. The van der Waals surface area contributed by atoms with Gasteiger partial charge in [0, 0.05) is 19.5 Å². The summed E-state index contributed by atoms with van der Waals surface area (Å²) in [6.07, 6.45) is 2.61. The van der Waals surface area contributed by atoms with E-state index in [1.165, 1.54) is 16.7 Å². The molecule has 120 valence electrons. The Morgan fingerprint density at radius 3 is 2.83 bits per heavy atom. The van der Waals surface area contributed by atoms with Crippen LogP contribution in [-0.4, -0.2) is 14.7 Å². The van der Waals surface area contributed by atoms with Gasteiger partial charge in [-0.1, -0.05) is 18.7 Å². The fourth-order valence-corrected chi connectivity index (χ4v) is 2.67. The summed E-state index contributed by atoms with van der Waals surface area (Å²) < 4.78 is 14.4. The quantitative estimate of drug-likeness (QED) is 0.907. The van der Waals surface area contributed by atoms with Gasteiger partial charge in [0.1, 0.15) is 17.3 Å². The zero-order valence-corrected chi connectivity index (χ0v) is 12.7. The van der Waals surface area contributed by atoms with E-state index in [2.05, 4.69) is 16.9 Å². The monoisotopic (exact) mass is 315 g/mol. The summed E-state index contributed by atoms with van der Waals surface area (Å²) in [7, 11) is 0. The molecule has 0 amide bonds. The molecule has 23 heavy (non-hydrogen) atoms. The second kappa shape index (κ2) is 6.24. The van der Waals surface area contributed by atoms with Gasteiger partial charge in [0.05, 0.1) is 5.70 Å². The van der Waals surface area contributed by atoms with Gasteiger partial charge in [-0.15, -0.1) is 0 Å². The van der Waals surface area contributed by atoms with Gasteiger partial charge in [0.25, 0.3) is 5.56 Å². The van der Waals surface area contributed by atoms with Crippen LogP contribution in [0, 0.1) is 5.82 Å². The number of hydrogen-bond donors (Lipinski definition) is 2. The lowest BCUT2D eigenvalue weighted by atomic mass is 10.1. The van der Waals surface area contributed by atoms with Gasteiger partial charge in [0.15, 0.2) is 0 Å². The predicted molar refractivity (Wildman–Crippen MR) is 85.4 cm³/mol. The number of aryl methyl sites for hydroxylation is 1. The van der Waals surface area contributed by atoms with Gasteiger partial charge >= 0.3 is 0 Å². The van der Waals surface area contributed by atoms with E-state index in [9.17, 15) is 14.3 Å². The summed E-state index contributed by atoms with van der Waals surface area (Å²) in [5.74, 6) is 0.000588. The number of fused-ring (bicyclic) bond motifs is 1. The Bertz CT molecular complexity index is 797. The molecule has 2 aromatic rings. The molecule has 0 bridgehead atoms. The molecular weight excluding hydrogens is 297 g/mol. The highest BCUT2D eigenvalue weighted by Gasteiger charge is 2.19. The first-order valence-corrected chi connectivity index (χ1v) is 7.56. The van der Waals surface area contributed by atoms with Crippen molar-refractivity contribution in [3.8, 4) is 5.75 Å². The summed E-state index contributed by atoms with van der Waals surface area (Å²) in [4.78, 5) is 16.6. The van der Waals surface area contributed by atoms with Crippen molar-refractivity contribution in [2.45, 2.75) is 32.4 Å². The minimum Gasteiger partial charge on any atom is -0.501 e. The minimum absolute atomic E-state index is 0.185. The zero-order valence-electron chi connectivity index (χ0n) is 12.7. The smallest absolute Gasteiger partial charge is 0.296 e. The zero-order chi connectivity index (χ0) is 16.4. The normalized spacial score (nSPS) is 13.4. The van der Waals surface area contributed by atoms with Crippen LogP contribution in [0.25, 0.3) is 5.70 Å². The Labute approximate surface area is 133 Å². The third-order valence-corrected chi connectivity index (χ3v) is 3.96. The summed E-state index contributed by atoms with van der Waals surface area (Å²) in [6, 6.07) is 6.07. The summed E-state index contributed by atoms with van der Waals surface area (Å²) in [5, 5.41) is 13.1. The van der Waals surface area contributed by atoms with Crippen LogP contribution >= 0.6 is 0 Å². The molecule has 2 N–H and O–H groups in total. The van der Waals surface area contributed by atoms with Gasteiger partial charge in [-0.05, 0) is 30.5 Å². The van der Waals surface area contributed by atoms with E-state index in [4.69, 9.17) is 0 Å². The number of benzene rings is 1. The topological polar surface area (TPSA) is 67.2 Å². The Morgan fingerprint density at radius 2 is 2.09 bits per heavy atom. The maximum Gasteiger partial charge on any atom is 0.296 e. The number of aromatic hydroxyl groups is 1. The second-order valence-corrected chi connectivity index (χ2v) is 5.60. The molecule has 0 aliphatic carbocycles. The fraction of sp³-hybridized carbons (Fsp3) is 0.294. The van der Waals surface area contributed by atoms with Gasteiger partial charge in [-0.25, -0.2) is 9.37 Å². The van der Waals surface area contributed by atoms with E-state index >= 15 is 0 Å². The minimum atomic E-state index is -0.422. The van der Waals surface area contributed by atoms with E-state index < -0.39 is 5.56 Å². The van der Waals surface area contributed by atoms with Crippen molar-refractivity contribution in [2.24, 2.45) is 0 Å². The average molecular weight is 315 g/mol. The molecule has 1 aromatic heterocycles. The van der Waals surface area contributed by atoms with Crippen LogP contribution in [0.4, 0.5) is 4.39 Å². The number of hydrogen-bond acceptors (Lipinski definition) is 4. The van der Waals surface area contributed by atoms with E-state index in [0.717, 1.165) is 18.4 Å². The maximum atomic E-state index is 12.9. The van der Waals surface area contributed by atoms with Crippen LogP contribution in [0.5, 0.6) is 5.75 Å². The molecule has 6 heteroatoms. The number of nitrogens with one attached hydrogen (secondary N) is 1. The molecule has 1 aromatic carbocycles. The molecular formula is C17H18FN3O2. The van der Waals surface area contributed by atoms with Gasteiger partial charge in [0.2, 0.25) is 5.75 Å². The van der Waals surface area contributed by atoms with Crippen molar-refractivity contribution in [2.75, 3.05) is 0 Å². The molecule has 0 atom stereocenters. The standard InChI is InChI=1S/C17H18FN3O2/c1-11(19-10-12-5-7-13(18)8-6-12)15-16(22)17(23)21-9-3-2-4-14(21)20-15/h5-8,19,22H,1-4,9-10H2. The molecule has 0 unspecified atom stereocenters. The van der Waals surface area contributed by atoms with Crippen LogP contribution in [0.2, 0.25) is 0 Å². The lowest BCUT2D eigenvalue weighted by Gasteiger charge is -2.19. The number of nitrogens with zero attached hydrogens (tertiary/aromatic N) is 2.